The summed E-state index contributed by atoms with van der Waals surface area (Å²) in [6.07, 6.45) is -4.70. The summed E-state index contributed by atoms with van der Waals surface area (Å²) in [7, 11) is 0. The molecule has 0 aliphatic carbocycles. The minimum Gasteiger partial charge on any atom is -0.292 e. The lowest BCUT2D eigenvalue weighted by Gasteiger charge is -2.03. The van der Waals surface area contributed by atoms with Gasteiger partial charge in [-0.15, -0.1) is 5.11 Å². The van der Waals surface area contributed by atoms with Gasteiger partial charge in [-0.1, -0.05) is 12.1 Å². The molecule has 0 saturated carbocycles. The zero-order valence-electron chi connectivity index (χ0n) is 10.7. The lowest BCUT2D eigenvalue weighted by atomic mass is 10.1. The first kappa shape index (κ1) is 14.0. The fourth-order valence-electron chi connectivity index (χ4n) is 1.60. The van der Waals surface area contributed by atoms with E-state index in [-0.39, 0.29) is 0 Å². The van der Waals surface area contributed by atoms with Crippen molar-refractivity contribution in [3.8, 4) is 0 Å². The third-order valence-corrected chi connectivity index (χ3v) is 2.87. The largest absolute Gasteiger partial charge is 0.435 e. The molecule has 1 heterocycles. The highest BCUT2D eigenvalue weighted by Crippen LogP contribution is 2.33. The average Bonchev–Trinajstić information content (AvgIpc) is 2.72. The van der Waals surface area contributed by atoms with Gasteiger partial charge < -0.3 is 0 Å². The van der Waals surface area contributed by atoms with E-state index < -0.39 is 23.1 Å². The summed E-state index contributed by atoms with van der Waals surface area (Å²) in [5.41, 5.74) is -0.850. The molecule has 20 heavy (non-hydrogen) atoms. The fourth-order valence-corrected chi connectivity index (χ4v) is 1.60. The third kappa shape index (κ3) is 2.63. The Morgan fingerprint density at radius 1 is 1.10 bits per heavy atom. The number of aryl methyl sites for hydroxylation is 1. The van der Waals surface area contributed by atoms with Crippen molar-refractivity contribution in [3.05, 3.63) is 45.4 Å². The Balaban J connectivity index is 2.45. The van der Waals surface area contributed by atoms with E-state index in [4.69, 9.17) is 0 Å². The van der Waals surface area contributed by atoms with Crippen LogP contribution in [0.1, 0.15) is 16.8 Å². The summed E-state index contributed by atoms with van der Waals surface area (Å²) in [4.78, 5) is 11.3. The monoisotopic (exact) mass is 284 g/mol. The Kier molecular flexibility index (Phi) is 3.47. The number of hydrogen-bond acceptors (Lipinski definition) is 3. The molecule has 1 aromatic carbocycles. The zero-order chi connectivity index (χ0) is 14.9. The van der Waals surface area contributed by atoms with Crippen LogP contribution in [-0.4, -0.2) is 10.2 Å². The van der Waals surface area contributed by atoms with Crippen molar-refractivity contribution in [1.82, 2.24) is 10.2 Å². The van der Waals surface area contributed by atoms with Crippen LogP contribution in [0, 0.1) is 13.8 Å². The molecule has 0 radical (unpaired) electrons. The molecule has 0 aliphatic heterocycles. The maximum Gasteiger partial charge on any atom is 0.435 e. The number of aromatic nitrogens is 2. The van der Waals surface area contributed by atoms with E-state index in [0.29, 0.717) is 5.69 Å². The van der Waals surface area contributed by atoms with Crippen LogP contribution in [0.2, 0.25) is 0 Å². The van der Waals surface area contributed by atoms with Crippen LogP contribution in [-0.2, 0) is 6.18 Å². The van der Waals surface area contributed by atoms with Crippen LogP contribution >= 0.6 is 0 Å². The van der Waals surface area contributed by atoms with Crippen LogP contribution in [0.4, 0.5) is 24.5 Å². The SMILES string of the molecule is Cc1cccc(N=Nc2c(C(F)(F)F)[nH][nH]c2=O)c1C. The molecule has 2 aromatic rings. The Labute approximate surface area is 111 Å². The van der Waals surface area contributed by atoms with Gasteiger partial charge in [-0.05, 0) is 31.0 Å². The zero-order valence-corrected chi connectivity index (χ0v) is 10.7. The number of nitrogens with zero attached hydrogens (tertiary/aromatic N) is 2. The Hall–Kier alpha value is -2.38. The summed E-state index contributed by atoms with van der Waals surface area (Å²) in [6.45, 7) is 3.62. The number of rotatable bonds is 2. The molecule has 2 rings (SSSR count). The van der Waals surface area contributed by atoms with Crippen molar-refractivity contribution in [2.45, 2.75) is 20.0 Å². The van der Waals surface area contributed by atoms with Crippen molar-refractivity contribution in [1.29, 1.82) is 0 Å². The maximum atomic E-state index is 12.6. The van der Waals surface area contributed by atoms with Crippen LogP contribution < -0.4 is 5.56 Å². The number of nitrogens with one attached hydrogen (secondary N) is 2. The van der Waals surface area contributed by atoms with E-state index in [2.05, 4.69) is 10.2 Å². The number of halogens is 3. The van der Waals surface area contributed by atoms with E-state index in [1.54, 1.807) is 24.2 Å². The summed E-state index contributed by atoms with van der Waals surface area (Å²) in [5.74, 6) is 0. The molecule has 0 fully saturated rings. The molecule has 0 atom stereocenters. The molecule has 8 heteroatoms. The van der Waals surface area contributed by atoms with Gasteiger partial charge in [-0.3, -0.25) is 15.0 Å². The van der Waals surface area contributed by atoms with Crippen molar-refractivity contribution in [3.63, 3.8) is 0 Å². The highest BCUT2D eigenvalue weighted by Gasteiger charge is 2.37. The predicted octanol–water partition coefficient (Wildman–Crippen LogP) is 3.75. The molecular formula is C12H11F3N4O. The number of benzene rings is 1. The van der Waals surface area contributed by atoms with Crippen LogP contribution in [0.15, 0.2) is 33.2 Å². The average molecular weight is 284 g/mol. The summed E-state index contributed by atoms with van der Waals surface area (Å²) in [5, 5.41) is 10.8. The van der Waals surface area contributed by atoms with Crippen molar-refractivity contribution in [2.24, 2.45) is 10.2 Å². The number of aromatic amines is 2. The van der Waals surface area contributed by atoms with Crippen LogP contribution in [0.25, 0.3) is 0 Å². The second-order valence-electron chi connectivity index (χ2n) is 4.22. The smallest absolute Gasteiger partial charge is 0.292 e. The Bertz CT molecular complexity index is 712. The molecule has 0 aliphatic rings. The topological polar surface area (TPSA) is 73.4 Å². The van der Waals surface area contributed by atoms with Gasteiger partial charge in [0.2, 0.25) is 0 Å². The second-order valence-corrected chi connectivity index (χ2v) is 4.22. The van der Waals surface area contributed by atoms with Gasteiger partial charge in [0, 0.05) is 0 Å². The van der Waals surface area contributed by atoms with E-state index >= 15 is 0 Å². The molecule has 0 unspecified atom stereocenters. The third-order valence-electron chi connectivity index (χ3n) is 2.87. The van der Waals surface area contributed by atoms with Gasteiger partial charge in [-0.2, -0.15) is 18.3 Å². The van der Waals surface area contributed by atoms with Gasteiger partial charge in [0.1, 0.15) is 0 Å². The maximum absolute atomic E-state index is 12.6. The molecule has 2 N–H and O–H groups in total. The molecular weight excluding hydrogens is 273 g/mol. The van der Waals surface area contributed by atoms with Gasteiger partial charge in [0.05, 0.1) is 5.69 Å². The van der Waals surface area contributed by atoms with Crippen LogP contribution in [0.3, 0.4) is 0 Å². The van der Waals surface area contributed by atoms with E-state index in [1.165, 1.54) is 0 Å². The van der Waals surface area contributed by atoms with E-state index in [1.807, 2.05) is 18.1 Å². The second kappa shape index (κ2) is 4.95. The first-order valence-electron chi connectivity index (χ1n) is 5.66. The lowest BCUT2D eigenvalue weighted by molar-refractivity contribution is -0.140. The molecule has 0 bridgehead atoms. The number of hydrogen-bond donors (Lipinski definition) is 2. The number of H-pyrrole nitrogens is 2. The number of azo groups is 1. The van der Waals surface area contributed by atoms with Crippen LogP contribution in [0.5, 0.6) is 0 Å². The van der Waals surface area contributed by atoms with E-state index in [0.717, 1.165) is 11.1 Å². The van der Waals surface area contributed by atoms with E-state index in [9.17, 15) is 18.0 Å². The van der Waals surface area contributed by atoms with Gasteiger partial charge in [-0.25, -0.2) is 0 Å². The first-order valence-corrected chi connectivity index (χ1v) is 5.66. The van der Waals surface area contributed by atoms with Gasteiger partial charge >= 0.3 is 6.18 Å². The fraction of sp³-hybridized carbons (Fsp3) is 0.250. The number of alkyl halides is 3. The Morgan fingerprint density at radius 2 is 1.80 bits per heavy atom. The highest BCUT2D eigenvalue weighted by atomic mass is 19.4. The summed E-state index contributed by atoms with van der Waals surface area (Å²) in [6, 6.07) is 5.17. The van der Waals surface area contributed by atoms with Crippen molar-refractivity contribution < 1.29 is 13.2 Å². The lowest BCUT2D eigenvalue weighted by Crippen LogP contribution is -2.06. The quantitative estimate of drug-likeness (QED) is 0.810. The van der Waals surface area contributed by atoms with Gasteiger partial charge in [0.15, 0.2) is 11.4 Å². The minimum absolute atomic E-state index is 0.415. The van der Waals surface area contributed by atoms with Crippen molar-refractivity contribution in [2.75, 3.05) is 0 Å². The standard InChI is InChI=1S/C12H11F3N4O/c1-6-4-3-5-8(7(6)2)16-17-9-10(12(13,14)15)18-19-11(9)20/h3-5H,1-2H3,(H2,18,19,20). The highest BCUT2D eigenvalue weighted by molar-refractivity contribution is 5.49. The van der Waals surface area contributed by atoms with Gasteiger partial charge in [0.25, 0.3) is 5.56 Å². The molecule has 0 spiro atoms. The molecule has 5 nitrogen and oxygen atoms in total. The summed E-state index contributed by atoms with van der Waals surface area (Å²) < 4.78 is 37.9. The summed E-state index contributed by atoms with van der Waals surface area (Å²) >= 11 is 0. The van der Waals surface area contributed by atoms with Crippen molar-refractivity contribution >= 4 is 11.4 Å². The molecule has 0 saturated heterocycles. The minimum atomic E-state index is -4.70. The molecule has 0 amide bonds. The normalized spacial score (nSPS) is 12.2. The predicted molar refractivity (Wildman–Crippen MR) is 66.5 cm³/mol. The Morgan fingerprint density at radius 3 is 2.45 bits per heavy atom. The molecule has 106 valence electrons. The molecule has 1 aromatic heterocycles. The first-order chi connectivity index (χ1) is 9.30.